The van der Waals surface area contributed by atoms with Gasteiger partial charge in [-0.2, -0.15) is 18.2 Å². The second-order valence-corrected chi connectivity index (χ2v) is 9.53. The predicted octanol–water partition coefficient (Wildman–Crippen LogP) is 5.17. The van der Waals surface area contributed by atoms with Crippen LogP contribution < -0.4 is 15.5 Å². The van der Waals surface area contributed by atoms with Crippen molar-refractivity contribution in [2.24, 2.45) is 0 Å². The van der Waals surface area contributed by atoms with Crippen LogP contribution in [0.3, 0.4) is 0 Å². The summed E-state index contributed by atoms with van der Waals surface area (Å²) in [5.74, 6) is 0.0924. The highest BCUT2D eigenvalue weighted by Crippen LogP contribution is 2.35. The zero-order valence-electron chi connectivity index (χ0n) is 18.6. The Morgan fingerprint density at radius 2 is 1.76 bits per heavy atom. The number of halogens is 4. The zero-order valence-corrected chi connectivity index (χ0v) is 20.2. The third-order valence-electron chi connectivity index (χ3n) is 6.40. The Morgan fingerprint density at radius 1 is 1.09 bits per heavy atom. The molecule has 2 aliphatic rings. The molecule has 0 radical (unpaired) electrons. The van der Waals surface area contributed by atoms with Crippen molar-refractivity contribution in [2.75, 3.05) is 43.1 Å². The number of nitrogens with one attached hydrogen (secondary N) is 2. The van der Waals surface area contributed by atoms with Crippen LogP contribution in [0, 0.1) is 0 Å². The van der Waals surface area contributed by atoms with E-state index < -0.39 is 11.9 Å². The van der Waals surface area contributed by atoms with E-state index in [1.54, 1.807) is 0 Å². The Labute approximate surface area is 207 Å². The van der Waals surface area contributed by atoms with Crippen molar-refractivity contribution >= 4 is 40.7 Å². The fourth-order valence-corrected chi connectivity index (χ4v) is 4.74. The summed E-state index contributed by atoms with van der Waals surface area (Å²) in [6.45, 7) is 3.05. The van der Waals surface area contributed by atoms with Gasteiger partial charge in [-0.15, -0.1) is 0 Å². The van der Waals surface area contributed by atoms with Gasteiger partial charge in [-0.1, -0.05) is 23.7 Å². The van der Waals surface area contributed by atoms with Gasteiger partial charge in [-0.25, -0.2) is 4.98 Å². The monoisotopic (exact) mass is 513 g/mol. The topological polar surface area (TPSA) is 62.3 Å². The molecule has 0 bridgehead atoms. The van der Waals surface area contributed by atoms with Gasteiger partial charge in [0.15, 0.2) is 10.8 Å². The number of anilines is 2. The van der Waals surface area contributed by atoms with Crippen LogP contribution in [0.5, 0.6) is 0 Å². The second-order valence-electron chi connectivity index (χ2n) is 8.69. The maximum Gasteiger partial charge on any atom is 0.433 e. The van der Waals surface area contributed by atoms with Crippen molar-refractivity contribution in [3.05, 3.63) is 46.6 Å². The number of nitrogens with zero attached hydrogens (tertiary/aromatic N) is 3. The lowest BCUT2D eigenvalue weighted by Gasteiger charge is -2.38. The van der Waals surface area contributed by atoms with Crippen molar-refractivity contribution < 1.29 is 17.9 Å². The maximum atomic E-state index is 13.5. The number of hydrogen-bond acceptors (Lipinski definition) is 5. The van der Waals surface area contributed by atoms with Gasteiger partial charge in [-0.05, 0) is 62.0 Å². The first-order valence-corrected chi connectivity index (χ1v) is 12.1. The molecule has 2 saturated heterocycles. The molecular weight excluding hydrogens is 487 g/mol. The highest BCUT2D eigenvalue weighted by Gasteiger charge is 2.36. The van der Waals surface area contributed by atoms with Crippen molar-refractivity contribution in [3.8, 4) is 0 Å². The van der Waals surface area contributed by atoms with Gasteiger partial charge in [0, 0.05) is 49.4 Å². The van der Waals surface area contributed by atoms with Crippen LogP contribution in [0.25, 0.3) is 0 Å². The number of ether oxygens (including phenoxy) is 1. The third-order valence-corrected chi connectivity index (χ3v) is 6.90. The van der Waals surface area contributed by atoms with Crippen molar-refractivity contribution in [3.63, 3.8) is 0 Å². The minimum Gasteiger partial charge on any atom is -0.381 e. The lowest BCUT2D eigenvalue weighted by Crippen LogP contribution is -2.45. The summed E-state index contributed by atoms with van der Waals surface area (Å²) in [5, 5.41) is 6.76. The number of benzene rings is 1. The fourth-order valence-electron chi connectivity index (χ4n) is 4.45. The van der Waals surface area contributed by atoms with Gasteiger partial charge in [0.2, 0.25) is 5.95 Å². The Morgan fingerprint density at radius 3 is 2.41 bits per heavy atom. The van der Waals surface area contributed by atoms with Crippen molar-refractivity contribution in [1.29, 1.82) is 0 Å². The molecule has 2 aliphatic heterocycles. The van der Waals surface area contributed by atoms with Gasteiger partial charge >= 0.3 is 6.18 Å². The maximum absolute atomic E-state index is 13.5. The lowest BCUT2D eigenvalue weighted by molar-refractivity contribution is -0.141. The Hall–Kier alpha value is -2.17. The van der Waals surface area contributed by atoms with Crippen LogP contribution in [0.2, 0.25) is 5.02 Å². The number of thiocarbonyl (C=S) groups is 1. The summed E-state index contributed by atoms with van der Waals surface area (Å²) in [7, 11) is 0. The van der Waals surface area contributed by atoms with Crippen LogP contribution in [0.1, 0.15) is 43.4 Å². The number of hydrogen-bond donors (Lipinski definition) is 2. The summed E-state index contributed by atoms with van der Waals surface area (Å²) in [5.41, 5.74) is -0.115. The van der Waals surface area contributed by atoms with Crippen LogP contribution in [0.4, 0.5) is 24.9 Å². The molecule has 0 unspecified atom stereocenters. The average Bonchev–Trinajstić information content (AvgIpc) is 2.83. The fraction of sp³-hybridized carbons (Fsp3) is 0.522. The SMILES string of the molecule is FC(F)(F)c1cc(N2CCCCC2)nc(NC(=S)NCC2(c3ccc(Cl)cc3)CCOCC2)n1. The van der Waals surface area contributed by atoms with E-state index >= 15 is 0 Å². The number of aromatic nitrogens is 2. The summed E-state index contributed by atoms with van der Waals surface area (Å²) < 4.78 is 46.1. The normalized spacial score (nSPS) is 18.4. The molecule has 0 atom stereocenters. The number of alkyl halides is 3. The molecule has 3 heterocycles. The van der Waals surface area contributed by atoms with E-state index in [-0.39, 0.29) is 22.3 Å². The molecule has 1 aromatic heterocycles. The molecule has 0 saturated carbocycles. The molecule has 0 spiro atoms. The van der Waals surface area contributed by atoms with E-state index in [9.17, 15) is 13.2 Å². The van der Waals surface area contributed by atoms with Crippen LogP contribution >= 0.6 is 23.8 Å². The predicted molar refractivity (Wildman–Crippen MR) is 131 cm³/mol. The second kappa shape index (κ2) is 10.6. The minimum atomic E-state index is -4.58. The van der Waals surface area contributed by atoms with Gasteiger partial charge in [0.25, 0.3) is 0 Å². The minimum absolute atomic E-state index is 0.166. The van der Waals surface area contributed by atoms with Gasteiger partial charge in [-0.3, -0.25) is 0 Å². The standard InChI is InChI=1S/C23H27ClF3N5OS/c24-17-6-4-16(5-7-17)22(8-12-33-13-9-22)15-28-21(34)31-20-29-18(23(25,26)27)14-19(30-20)32-10-2-1-3-11-32/h4-7,14H,1-3,8-13,15H2,(H2,28,29,30,31,34). The van der Waals surface area contributed by atoms with Gasteiger partial charge in [0.1, 0.15) is 5.82 Å². The number of rotatable bonds is 5. The summed E-state index contributed by atoms with van der Waals surface area (Å²) in [6, 6.07) is 8.69. The highest BCUT2D eigenvalue weighted by atomic mass is 35.5. The number of piperidine rings is 1. The molecule has 6 nitrogen and oxygen atoms in total. The van der Waals surface area contributed by atoms with Gasteiger partial charge < -0.3 is 20.3 Å². The van der Waals surface area contributed by atoms with Gasteiger partial charge in [0.05, 0.1) is 0 Å². The molecule has 0 aliphatic carbocycles. The average molecular weight is 514 g/mol. The largest absolute Gasteiger partial charge is 0.433 e. The van der Waals surface area contributed by atoms with E-state index in [0.717, 1.165) is 43.7 Å². The van der Waals surface area contributed by atoms with E-state index in [2.05, 4.69) is 20.6 Å². The first-order valence-electron chi connectivity index (χ1n) is 11.4. The molecule has 2 aromatic rings. The summed E-state index contributed by atoms with van der Waals surface area (Å²) >= 11 is 11.5. The van der Waals surface area contributed by atoms with E-state index in [1.165, 1.54) is 0 Å². The third kappa shape index (κ3) is 6.09. The first-order chi connectivity index (χ1) is 16.2. The molecule has 184 valence electrons. The summed E-state index contributed by atoms with van der Waals surface area (Å²) in [4.78, 5) is 9.88. The molecule has 1 aromatic carbocycles. The van der Waals surface area contributed by atoms with Crippen LogP contribution in [0.15, 0.2) is 30.3 Å². The molecule has 11 heteroatoms. The van der Waals surface area contributed by atoms with Crippen molar-refractivity contribution in [1.82, 2.24) is 15.3 Å². The molecule has 34 heavy (non-hydrogen) atoms. The molecule has 0 amide bonds. The Balaban J connectivity index is 1.49. The molecule has 2 N–H and O–H groups in total. The zero-order chi connectivity index (χ0) is 24.2. The molecular formula is C23H27ClF3N5OS. The Kier molecular flexibility index (Phi) is 7.79. The lowest BCUT2D eigenvalue weighted by atomic mass is 9.74. The molecule has 2 fully saturated rings. The van der Waals surface area contributed by atoms with Crippen LogP contribution in [-0.2, 0) is 16.3 Å². The van der Waals surface area contributed by atoms with E-state index in [4.69, 9.17) is 28.6 Å². The highest BCUT2D eigenvalue weighted by molar-refractivity contribution is 7.80. The molecule has 4 rings (SSSR count). The summed E-state index contributed by atoms with van der Waals surface area (Å²) in [6.07, 6.45) is -0.116. The van der Waals surface area contributed by atoms with Crippen molar-refractivity contribution in [2.45, 2.75) is 43.7 Å². The Bertz CT molecular complexity index is 993. The van der Waals surface area contributed by atoms with Crippen LogP contribution in [-0.4, -0.2) is 47.9 Å². The first kappa shape index (κ1) is 24.9. The quantitative estimate of drug-likeness (QED) is 0.534. The van der Waals surface area contributed by atoms with E-state index in [0.29, 0.717) is 37.9 Å². The smallest absolute Gasteiger partial charge is 0.381 e. The van der Waals surface area contributed by atoms with E-state index in [1.807, 2.05) is 29.2 Å².